The summed E-state index contributed by atoms with van der Waals surface area (Å²) < 4.78 is 8.80. The number of furan rings is 1. The van der Waals surface area contributed by atoms with Crippen molar-refractivity contribution in [2.24, 2.45) is 7.05 Å². The summed E-state index contributed by atoms with van der Waals surface area (Å²) in [5, 5.41) is 13.5. The Hall–Kier alpha value is -2.04. The highest BCUT2D eigenvalue weighted by atomic mass is 127. The number of rotatable bonds is 5. The second kappa shape index (κ2) is 8.37. The molecule has 0 spiro atoms. The van der Waals surface area contributed by atoms with Crippen molar-refractivity contribution in [2.75, 3.05) is 11.1 Å². The van der Waals surface area contributed by atoms with Gasteiger partial charge in [-0.2, -0.15) is 0 Å². The molecule has 6 nitrogen and oxygen atoms in total. The van der Waals surface area contributed by atoms with Gasteiger partial charge in [0, 0.05) is 26.7 Å². The van der Waals surface area contributed by atoms with E-state index < -0.39 is 0 Å². The van der Waals surface area contributed by atoms with E-state index in [1.807, 2.05) is 54.9 Å². The van der Waals surface area contributed by atoms with Gasteiger partial charge >= 0.3 is 0 Å². The maximum atomic E-state index is 12.3. The van der Waals surface area contributed by atoms with Gasteiger partial charge in [0.25, 0.3) is 0 Å². The first-order valence-corrected chi connectivity index (χ1v) is 11.1. The van der Waals surface area contributed by atoms with Crippen molar-refractivity contribution in [3.8, 4) is 11.6 Å². The second-order valence-electron chi connectivity index (χ2n) is 6.45. The van der Waals surface area contributed by atoms with Gasteiger partial charge in [-0.3, -0.25) is 4.79 Å². The van der Waals surface area contributed by atoms with Gasteiger partial charge in [-0.15, -0.1) is 10.2 Å². The molecule has 1 N–H and O–H groups in total. The van der Waals surface area contributed by atoms with Crippen LogP contribution in [0.15, 0.2) is 52.0 Å². The lowest BCUT2D eigenvalue weighted by Crippen LogP contribution is -2.15. The summed E-state index contributed by atoms with van der Waals surface area (Å²) in [7, 11) is 1.85. The molecule has 9 heteroatoms. The summed E-state index contributed by atoms with van der Waals surface area (Å²) >= 11 is 9.61. The number of hydrogen-bond acceptors (Lipinski definition) is 5. The Morgan fingerprint density at radius 1 is 1.24 bits per heavy atom. The lowest BCUT2D eigenvalue weighted by atomic mass is 10.2. The van der Waals surface area contributed by atoms with Gasteiger partial charge < -0.3 is 14.3 Å². The number of amides is 1. The molecule has 0 aliphatic heterocycles. The van der Waals surface area contributed by atoms with Crippen molar-refractivity contribution < 1.29 is 9.21 Å². The molecular weight excluding hydrogens is 523 g/mol. The topological polar surface area (TPSA) is 73.0 Å². The monoisotopic (exact) mass is 538 g/mol. The van der Waals surface area contributed by atoms with Gasteiger partial charge in [0.15, 0.2) is 16.7 Å². The zero-order chi connectivity index (χ0) is 20.5. The lowest BCUT2D eigenvalue weighted by molar-refractivity contribution is -0.113. The van der Waals surface area contributed by atoms with E-state index >= 15 is 0 Å². The Morgan fingerprint density at radius 2 is 2.07 bits per heavy atom. The lowest BCUT2D eigenvalue weighted by Gasteiger charge is -2.08. The number of carbonyl (C=O) groups excluding carboxylic acids is 1. The van der Waals surface area contributed by atoms with E-state index in [0.29, 0.717) is 21.8 Å². The second-order valence-corrected chi connectivity index (χ2v) is 9.08. The molecule has 0 saturated heterocycles. The predicted molar refractivity (Wildman–Crippen MR) is 124 cm³/mol. The third-order valence-corrected chi connectivity index (χ3v) is 6.25. The highest BCUT2D eigenvalue weighted by Gasteiger charge is 2.17. The Labute approximate surface area is 190 Å². The molecular formula is C20H16ClIN4O2S. The SMILES string of the molecule is Cc1cc(I)ccc1NC(=O)CSc1nnc(-c2cc3cc(Cl)ccc3o2)n1C. The van der Waals surface area contributed by atoms with Crippen LogP contribution in [-0.2, 0) is 11.8 Å². The van der Waals surface area contributed by atoms with Gasteiger partial charge in [-0.25, -0.2) is 0 Å². The van der Waals surface area contributed by atoms with Crippen molar-refractivity contribution in [1.82, 2.24) is 14.8 Å². The van der Waals surface area contributed by atoms with E-state index in [1.54, 1.807) is 6.07 Å². The van der Waals surface area contributed by atoms with Crippen LogP contribution in [-0.4, -0.2) is 26.4 Å². The van der Waals surface area contributed by atoms with E-state index in [9.17, 15) is 4.79 Å². The van der Waals surface area contributed by atoms with Crippen LogP contribution in [0.4, 0.5) is 5.69 Å². The summed E-state index contributed by atoms with van der Waals surface area (Å²) in [6, 6.07) is 13.2. The molecule has 0 aliphatic carbocycles. The van der Waals surface area contributed by atoms with Crippen LogP contribution < -0.4 is 5.32 Å². The number of carbonyl (C=O) groups is 1. The Balaban J connectivity index is 1.46. The van der Waals surface area contributed by atoms with Crippen molar-refractivity contribution in [3.63, 3.8) is 0 Å². The van der Waals surface area contributed by atoms with Crippen LogP contribution in [0.1, 0.15) is 5.56 Å². The Morgan fingerprint density at radius 3 is 2.86 bits per heavy atom. The zero-order valence-electron chi connectivity index (χ0n) is 15.6. The third-order valence-electron chi connectivity index (χ3n) is 4.33. The molecule has 0 bridgehead atoms. The molecule has 2 aromatic carbocycles. The van der Waals surface area contributed by atoms with Crippen LogP contribution in [0.3, 0.4) is 0 Å². The molecule has 2 aromatic heterocycles. The van der Waals surface area contributed by atoms with Crippen molar-refractivity contribution in [3.05, 3.63) is 56.6 Å². The van der Waals surface area contributed by atoms with Gasteiger partial charge in [-0.05, 0) is 77.5 Å². The number of hydrogen-bond donors (Lipinski definition) is 1. The third kappa shape index (κ3) is 4.44. The maximum absolute atomic E-state index is 12.3. The Kier molecular flexibility index (Phi) is 5.84. The minimum Gasteiger partial charge on any atom is -0.453 e. The number of nitrogens with zero attached hydrogens (tertiary/aromatic N) is 3. The number of thioether (sulfide) groups is 1. The first-order valence-electron chi connectivity index (χ1n) is 8.68. The van der Waals surface area contributed by atoms with Crippen LogP contribution in [0.25, 0.3) is 22.6 Å². The van der Waals surface area contributed by atoms with E-state index in [4.69, 9.17) is 16.0 Å². The molecule has 148 valence electrons. The Bertz CT molecular complexity index is 1220. The molecule has 0 radical (unpaired) electrons. The number of anilines is 1. The molecule has 1 amide bonds. The molecule has 0 aliphatic rings. The average Bonchev–Trinajstić information content (AvgIpc) is 3.25. The van der Waals surface area contributed by atoms with E-state index in [-0.39, 0.29) is 11.7 Å². The summed E-state index contributed by atoms with van der Waals surface area (Å²) in [5.74, 6) is 1.33. The van der Waals surface area contributed by atoms with Crippen LogP contribution in [0.5, 0.6) is 0 Å². The van der Waals surface area contributed by atoms with E-state index in [1.165, 1.54) is 11.8 Å². The summed E-state index contributed by atoms with van der Waals surface area (Å²) in [5.41, 5.74) is 2.57. The zero-order valence-corrected chi connectivity index (χ0v) is 19.3. The van der Waals surface area contributed by atoms with Gasteiger partial charge in [0.2, 0.25) is 5.91 Å². The molecule has 4 rings (SSSR count). The standard InChI is InChI=1S/C20H16ClIN4O2S/c1-11-7-14(22)4-5-15(11)23-18(27)10-29-20-25-24-19(26(20)2)17-9-12-8-13(21)3-6-16(12)28-17/h3-9H,10H2,1-2H3,(H,23,27). The normalized spacial score (nSPS) is 11.2. The van der Waals surface area contributed by atoms with Crippen LogP contribution >= 0.6 is 46.0 Å². The first kappa shape index (κ1) is 20.2. The van der Waals surface area contributed by atoms with E-state index in [2.05, 4.69) is 38.1 Å². The van der Waals surface area contributed by atoms with Crippen LogP contribution in [0.2, 0.25) is 5.02 Å². The molecule has 0 fully saturated rings. The fraction of sp³-hybridized carbons (Fsp3) is 0.150. The molecule has 29 heavy (non-hydrogen) atoms. The van der Waals surface area contributed by atoms with Crippen molar-refractivity contribution >= 4 is 68.5 Å². The number of fused-ring (bicyclic) bond motifs is 1. The largest absolute Gasteiger partial charge is 0.453 e. The number of aromatic nitrogens is 3. The number of nitrogens with one attached hydrogen (secondary N) is 1. The number of aryl methyl sites for hydroxylation is 1. The highest BCUT2D eigenvalue weighted by molar-refractivity contribution is 14.1. The fourth-order valence-electron chi connectivity index (χ4n) is 2.86. The average molecular weight is 539 g/mol. The summed E-state index contributed by atoms with van der Waals surface area (Å²) in [6.07, 6.45) is 0. The number of benzene rings is 2. The first-order chi connectivity index (χ1) is 13.9. The van der Waals surface area contributed by atoms with Crippen molar-refractivity contribution in [1.29, 1.82) is 0 Å². The van der Waals surface area contributed by atoms with Gasteiger partial charge in [-0.1, -0.05) is 23.4 Å². The number of halogens is 2. The van der Waals surface area contributed by atoms with Gasteiger partial charge in [0.05, 0.1) is 5.75 Å². The van der Waals surface area contributed by atoms with E-state index in [0.717, 1.165) is 25.8 Å². The van der Waals surface area contributed by atoms with Crippen molar-refractivity contribution in [2.45, 2.75) is 12.1 Å². The summed E-state index contributed by atoms with van der Waals surface area (Å²) in [6.45, 7) is 1.97. The fourth-order valence-corrected chi connectivity index (χ4v) is 4.40. The van der Waals surface area contributed by atoms with Crippen LogP contribution in [0, 0.1) is 10.5 Å². The molecule has 2 heterocycles. The minimum atomic E-state index is -0.0952. The highest BCUT2D eigenvalue weighted by Crippen LogP contribution is 2.30. The molecule has 0 atom stereocenters. The minimum absolute atomic E-state index is 0.0952. The smallest absolute Gasteiger partial charge is 0.234 e. The molecule has 4 aromatic rings. The predicted octanol–water partition coefficient (Wildman–Crippen LogP) is 5.53. The summed E-state index contributed by atoms with van der Waals surface area (Å²) in [4.78, 5) is 12.3. The molecule has 0 unspecified atom stereocenters. The maximum Gasteiger partial charge on any atom is 0.234 e. The molecule has 0 saturated carbocycles. The van der Waals surface area contributed by atoms with Gasteiger partial charge in [0.1, 0.15) is 5.58 Å². The quantitative estimate of drug-likeness (QED) is 0.267.